The van der Waals surface area contributed by atoms with Crippen molar-refractivity contribution < 1.29 is 49.0 Å². The van der Waals surface area contributed by atoms with Gasteiger partial charge < -0.3 is 20.9 Å². The quantitative estimate of drug-likeness (QED) is 0.314. The number of benzene rings is 3. The Morgan fingerprint density at radius 2 is 0.939 bits per heavy atom. The summed E-state index contributed by atoms with van der Waals surface area (Å²) in [4.78, 5) is 0. The normalized spacial score (nSPS) is 12.0. The van der Waals surface area contributed by atoms with Gasteiger partial charge in [-0.2, -0.15) is 26.3 Å². The fourth-order valence-electron chi connectivity index (χ4n) is 2.72. The summed E-state index contributed by atoms with van der Waals surface area (Å²) >= 11 is 0. The first-order valence-corrected chi connectivity index (χ1v) is 8.65. The molecule has 0 amide bonds. The predicted molar refractivity (Wildman–Crippen MR) is 98.2 cm³/mol. The van der Waals surface area contributed by atoms with Crippen LogP contribution in [0.5, 0.6) is 23.0 Å². The van der Waals surface area contributed by atoms with E-state index in [0.717, 1.165) is 36.4 Å². The van der Waals surface area contributed by atoms with Crippen LogP contribution in [0.3, 0.4) is 0 Å². The zero-order chi connectivity index (χ0) is 24.7. The number of nitrogens with two attached hydrogens (primary N) is 2. The van der Waals surface area contributed by atoms with Gasteiger partial charge in [-0.1, -0.05) is 0 Å². The standard InChI is InChI=1S/C20H11F9N2O2/c21-10-3-1-8(5-12(10)30)32-14-7-15(33-9-2-4-11(22)13(31)6-9)17(20(27,28)29)18(23)16(14)19(24,25)26/h1-7H,30-31H2. The van der Waals surface area contributed by atoms with Gasteiger partial charge in [-0.05, 0) is 24.3 Å². The Hall–Kier alpha value is -3.77. The number of hydrogen-bond donors (Lipinski definition) is 2. The molecule has 0 unspecified atom stereocenters. The van der Waals surface area contributed by atoms with Crippen LogP contribution in [-0.4, -0.2) is 0 Å². The summed E-state index contributed by atoms with van der Waals surface area (Å²) in [5.74, 6) is -8.54. The second-order valence-corrected chi connectivity index (χ2v) is 6.50. The Bertz CT molecular complexity index is 1120. The fourth-order valence-corrected chi connectivity index (χ4v) is 2.72. The van der Waals surface area contributed by atoms with Crippen LogP contribution >= 0.6 is 0 Å². The minimum atomic E-state index is -5.64. The van der Waals surface area contributed by atoms with Crippen molar-refractivity contribution in [3.05, 3.63) is 71.0 Å². The first kappa shape index (κ1) is 23.9. The Morgan fingerprint density at radius 3 is 1.24 bits per heavy atom. The molecule has 176 valence electrons. The van der Waals surface area contributed by atoms with E-state index < -0.39 is 75.3 Å². The zero-order valence-corrected chi connectivity index (χ0v) is 15.9. The van der Waals surface area contributed by atoms with E-state index in [1.807, 2.05) is 0 Å². The molecule has 0 aliphatic rings. The molecule has 13 heteroatoms. The SMILES string of the molecule is Nc1cc(Oc2cc(Oc3ccc(F)c(N)c3)c(C(F)(F)F)c(F)c2C(F)(F)F)ccc1F. The number of nitrogen functional groups attached to an aromatic ring is 2. The third-order valence-electron chi connectivity index (χ3n) is 4.15. The zero-order valence-electron chi connectivity index (χ0n) is 15.9. The number of alkyl halides is 6. The van der Waals surface area contributed by atoms with Gasteiger partial charge in [0.05, 0.1) is 11.4 Å². The smallest absolute Gasteiger partial charge is 0.422 e. The van der Waals surface area contributed by atoms with Crippen molar-refractivity contribution in [1.29, 1.82) is 0 Å². The van der Waals surface area contributed by atoms with Gasteiger partial charge in [0, 0.05) is 18.2 Å². The van der Waals surface area contributed by atoms with Crippen molar-refractivity contribution in [3.8, 4) is 23.0 Å². The fraction of sp³-hybridized carbons (Fsp3) is 0.100. The maximum absolute atomic E-state index is 14.7. The van der Waals surface area contributed by atoms with Crippen LogP contribution in [0.25, 0.3) is 0 Å². The van der Waals surface area contributed by atoms with Gasteiger partial charge in [0.15, 0.2) is 5.82 Å². The molecule has 0 atom stereocenters. The molecule has 0 bridgehead atoms. The summed E-state index contributed by atoms with van der Waals surface area (Å²) in [6.07, 6.45) is -11.3. The van der Waals surface area contributed by atoms with E-state index in [1.165, 1.54) is 0 Å². The van der Waals surface area contributed by atoms with Crippen LogP contribution in [0.1, 0.15) is 11.1 Å². The average molecular weight is 482 g/mol. The first-order valence-electron chi connectivity index (χ1n) is 8.65. The molecule has 0 saturated heterocycles. The molecule has 0 fully saturated rings. The van der Waals surface area contributed by atoms with Gasteiger partial charge in [0.25, 0.3) is 0 Å². The van der Waals surface area contributed by atoms with Crippen LogP contribution in [-0.2, 0) is 12.4 Å². The summed E-state index contributed by atoms with van der Waals surface area (Å²) in [6, 6.07) is 4.71. The second-order valence-electron chi connectivity index (χ2n) is 6.50. The molecule has 3 rings (SSSR count). The van der Waals surface area contributed by atoms with E-state index in [9.17, 15) is 39.5 Å². The molecule has 3 aromatic carbocycles. The molecule has 3 aromatic rings. The lowest BCUT2D eigenvalue weighted by Crippen LogP contribution is -2.18. The third-order valence-corrected chi connectivity index (χ3v) is 4.15. The number of rotatable bonds is 4. The molecular formula is C20H11F9N2O2. The van der Waals surface area contributed by atoms with Gasteiger partial charge >= 0.3 is 12.4 Å². The van der Waals surface area contributed by atoms with E-state index in [1.54, 1.807) is 0 Å². The molecule has 4 nitrogen and oxygen atoms in total. The van der Waals surface area contributed by atoms with E-state index in [0.29, 0.717) is 0 Å². The summed E-state index contributed by atoms with van der Waals surface area (Å²) in [6.45, 7) is 0. The molecule has 0 aliphatic carbocycles. The highest BCUT2D eigenvalue weighted by Gasteiger charge is 2.47. The van der Waals surface area contributed by atoms with E-state index in [4.69, 9.17) is 20.9 Å². The lowest BCUT2D eigenvalue weighted by Gasteiger charge is -2.21. The van der Waals surface area contributed by atoms with Crippen LogP contribution in [0.15, 0.2) is 42.5 Å². The van der Waals surface area contributed by atoms with E-state index >= 15 is 0 Å². The molecule has 0 radical (unpaired) electrons. The van der Waals surface area contributed by atoms with Crippen LogP contribution in [0.4, 0.5) is 50.9 Å². The van der Waals surface area contributed by atoms with Gasteiger partial charge in [0.1, 0.15) is 45.8 Å². The molecule has 0 aromatic heterocycles. The van der Waals surface area contributed by atoms with Crippen molar-refractivity contribution >= 4 is 11.4 Å². The molecule has 0 aliphatic heterocycles. The van der Waals surface area contributed by atoms with Gasteiger partial charge in [-0.15, -0.1) is 0 Å². The number of ether oxygens (including phenoxy) is 2. The topological polar surface area (TPSA) is 70.5 Å². The minimum Gasteiger partial charge on any atom is -0.456 e. The predicted octanol–water partition coefficient (Wildman–Crippen LogP) is 6.89. The van der Waals surface area contributed by atoms with Crippen molar-refractivity contribution in [2.45, 2.75) is 12.4 Å². The minimum absolute atomic E-state index is 0.147. The largest absolute Gasteiger partial charge is 0.456 e. The lowest BCUT2D eigenvalue weighted by molar-refractivity contribution is -0.148. The third kappa shape index (κ3) is 5.02. The monoisotopic (exact) mass is 482 g/mol. The molecular weight excluding hydrogens is 471 g/mol. The molecule has 0 heterocycles. The lowest BCUT2D eigenvalue weighted by atomic mass is 10.1. The Balaban J connectivity index is 2.24. The van der Waals surface area contributed by atoms with Crippen molar-refractivity contribution in [2.24, 2.45) is 0 Å². The molecule has 33 heavy (non-hydrogen) atoms. The van der Waals surface area contributed by atoms with E-state index in [2.05, 4.69) is 0 Å². The van der Waals surface area contributed by atoms with Gasteiger partial charge in [-0.25, -0.2) is 13.2 Å². The Labute approximate surface area is 179 Å². The molecule has 0 spiro atoms. The summed E-state index contributed by atoms with van der Waals surface area (Å²) in [5, 5.41) is 0. The van der Waals surface area contributed by atoms with Gasteiger partial charge in [0.2, 0.25) is 0 Å². The number of anilines is 2. The highest BCUT2D eigenvalue weighted by molar-refractivity contribution is 5.55. The maximum atomic E-state index is 14.7. The van der Waals surface area contributed by atoms with Crippen molar-refractivity contribution in [1.82, 2.24) is 0 Å². The first-order chi connectivity index (χ1) is 15.2. The number of hydrogen-bond acceptors (Lipinski definition) is 4. The van der Waals surface area contributed by atoms with Crippen LogP contribution in [0.2, 0.25) is 0 Å². The summed E-state index contributed by atoms with van der Waals surface area (Å²) < 4.78 is 132. The number of halogens is 9. The van der Waals surface area contributed by atoms with Crippen molar-refractivity contribution in [3.63, 3.8) is 0 Å². The molecule has 0 saturated carbocycles. The van der Waals surface area contributed by atoms with Crippen molar-refractivity contribution in [2.75, 3.05) is 11.5 Å². The average Bonchev–Trinajstić information content (AvgIpc) is 2.65. The summed E-state index contributed by atoms with van der Waals surface area (Å²) in [5.41, 5.74) is 4.73. The highest BCUT2D eigenvalue weighted by Crippen LogP contribution is 2.49. The Morgan fingerprint density at radius 1 is 0.576 bits per heavy atom. The van der Waals surface area contributed by atoms with Gasteiger partial charge in [-0.3, -0.25) is 0 Å². The van der Waals surface area contributed by atoms with Crippen LogP contribution in [0, 0.1) is 17.5 Å². The Kier molecular flexibility index (Phi) is 6.00. The van der Waals surface area contributed by atoms with Crippen LogP contribution < -0.4 is 20.9 Å². The van der Waals surface area contributed by atoms with E-state index in [-0.39, 0.29) is 6.07 Å². The molecule has 4 N–H and O–H groups in total. The summed E-state index contributed by atoms with van der Waals surface area (Å²) in [7, 11) is 0. The maximum Gasteiger partial charge on any atom is 0.422 e. The second kappa shape index (κ2) is 8.30. The highest BCUT2D eigenvalue weighted by atomic mass is 19.4.